The molecule has 1 unspecified atom stereocenters. The van der Waals surface area contributed by atoms with Crippen molar-refractivity contribution in [2.24, 2.45) is 0 Å². The number of aryl methyl sites for hydroxylation is 1. The zero-order valence-corrected chi connectivity index (χ0v) is 10.9. The van der Waals surface area contributed by atoms with Gasteiger partial charge in [-0.1, -0.05) is 6.07 Å². The minimum atomic E-state index is -0.580. The first-order valence-corrected chi connectivity index (χ1v) is 7.00. The molecule has 0 radical (unpaired) electrons. The molecule has 3 heteroatoms. The van der Waals surface area contributed by atoms with Crippen molar-refractivity contribution in [1.82, 2.24) is 4.98 Å². The van der Waals surface area contributed by atoms with Gasteiger partial charge in [0.1, 0.15) is 0 Å². The van der Waals surface area contributed by atoms with Gasteiger partial charge in [-0.3, -0.25) is 4.98 Å². The summed E-state index contributed by atoms with van der Waals surface area (Å²) in [7, 11) is 0. The Hall–Kier alpha value is -0.930. The second kappa shape index (κ2) is 4.63. The van der Waals surface area contributed by atoms with E-state index in [0.29, 0.717) is 0 Å². The predicted molar refractivity (Wildman–Crippen MR) is 69.5 cm³/mol. The number of aliphatic hydroxyl groups is 1. The van der Waals surface area contributed by atoms with Gasteiger partial charge in [0, 0.05) is 37.3 Å². The summed E-state index contributed by atoms with van der Waals surface area (Å²) in [4.78, 5) is 4.52. The second-order valence-electron chi connectivity index (χ2n) is 5.58. The Balaban J connectivity index is 1.78. The molecular weight excluding hydrogens is 226 g/mol. The maximum Gasteiger partial charge on any atom is 0.0780 e. The molecule has 3 rings (SSSR count). The van der Waals surface area contributed by atoms with E-state index in [1.54, 1.807) is 0 Å². The molecule has 98 valence electrons. The van der Waals surface area contributed by atoms with Crippen molar-refractivity contribution in [3.63, 3.8) is 0 Å². The molecular formula is C15H21NO2. The Labute approximate surface area is 108 Å². The molecule has 18 heavy (non-hydrogen) atoms. The SMILES string of the molecule is CCOC1CC(O)(C2CCCc3cccnc32)C1. The van der Waals surface area contributed by atoms with Gasteiger partial charge in [-0.2, -0.15) is 0 Å². The third-order valence-electron chi connectivity index (χ3n) is 4.41. The highest BCUT2D eigenvalue weighted by atomic mass is 16.5. The highest BCUT2D eigenvalue weighted by Gasteiger charge is 2.50. The Morgan fingerprint density at radius 1 is 1.50 bits per heavy atom. The molecule has 0 aliphatic heterocycles. The zero-order valence-electron chi connectivity index (χ0n) is 10.9. The lowest BCUT2D eigenvalue weighted by Crippen LogP contribution is -2.53. The molecule has 0 saturated heterocycles. The molecule has 1 fully saturated rings. The van der Waals surface area contributed by atoms with Crippen LogP contribution in [0.5, 0.6) is 0 Å². The van der Waals surface area contributed by atoms with Crippen LogP contribution in [0.15, 0.2) is 18.3 Å². The predicted octanol–water partition coefficient (Wildman–Crippen LogP) is 2.43. The lowest BCUT2D eigenvalue weighted by Gasteiger charge is -2.49. The summed E-state index contributed by atoms with van der Waals surface area (Å²) in [5.41, 5.74) is 1.87. The second-order valence-corrected chi connectivity index (χ2v) is 5.58. The van der Waals surface area contributed by atoms with Crippen molar-refractivity contribution in [3.05, 3.63) is 29.6 Å². The van der Waals surface area contributed by atoms with Crippen LogP contribution in [-0.4, -0.2) is 28.4 Å². The quantitative estimate of drug-likeness (QED) is 0.892. The van der Waals surface area contributed by atoms with Gasteiger partial charge in [0.25, 0.3) is 0 Å². The van der Waals surface area contributed by atoms with E-state index < -0.39 is 5.60 Å². The minimum Gasteiger partial charge on any atom is -0.389 e. The van der Waals surface area contributed by atoms with E-state index in [0.717, 1.165) is 44.4 Å². The van der Waals surface area contributed by atoms with Gasteiger partial charge >= 0.3 is 0 Å². The van der Waals surface area contributed by atoms with E-state index in [1.165, 1.54) is 5.56 Å². The van der Waals surface area contributed by atoms with E-state index in [-0.39, 0.29) is 12.0 Å². The number of hydrogen-bond donors (Lipinski definition) is 1. The molecule has 1 atom stereocenters. The van der Waals surface area contributed by atoms with Crippen molar-refractivity contribution >= 4 is 0 Å². The van der Waals surface area contributed by atoms with Gasteiger partial charge in [0.2, 0.25) is 0 Å². The average molecular weight is 247 g/mol. The summed E-state index contributed by atoms with van der Waals surface area (Å²) in [6, 6.07) is 4.14. The number of hydrogen-bond acceptors (Lipinski definition) is 3. The fourth-order valence-electron chi connectivity index (χ4n) is 3.50. The van der Waals surface area contributed by atoms with Crippen molar-refractivity contribution < 1.29 is 9.84 Å². The first-order valence-electron chi connectivity index (χ1n) is 7.00. The molecule has 1 saturated carbocycles. The third kappa shape index (κ3) is 1.95. The first kappa shape index (κ1) is 12.1. The van der Waals surface area contributed by atoms with Crippen LogP contribution < -0.4 is 0 Å². The molecule has 1 N–H and O–H groups in total. The van der Waals surface area contributed by atoms with Gasteiger partial charge in [0.05, 0.1) is 11.7 Å². The van der Waals surface area contributed by atoms with Crippen molar-refractivity contribution in [3.8, 4) is 0 Å². The Morgan fingerprint density at radius 2 is 2.33 bits per heavy atom. The van der Waals surface area contributed by atoms with E-state index in [2.05, 4.69) is 11.1 Å². The number of nitrogens with zero attached hydrogens (tertiary/aromatic N) is 1. The fourth-order valence-corrected chi connectivity index (χ4v) is 3.50. The molecule has 2 aliphatic carbocycles. The fraction of sp³-hybridized carbons (Fsp3) is 0.667. The highest BCUT2D eigenvalue weighted by Crippen LogP contribution is 2.48. The summed E-state index contributed by atoms with van der Waals surface area (Å²) in [5.74, 6) is 0.208. The number of aromatic nitrogens is 1. The maximum absolute atomic E-state index is 10.8. The van der Waals surface area contributed by atoms with Crippen LogP contribution in [-0.2, 0) is 11.2 Å². The van der Waals surface area contributed by atoms with Crippen LogP contribution in [0.3, 0.4) is 0 Å². The zero-order chi connectivity index (χ0) is 12.6. The lowest BCUT2D eigenvalue weighted by atomic mass is 9.64. The summed E-state index contributed by atoms with van der Waals surface area (Å²) in [6.45, 7) is 2.75. The summed E-state index contributed by atoms with van der Waals surface area (Å²) >= 11 is 0. The molecule has 0 spiro atoms. The van der Waals surface area contributed by atoms with Gasteiger partial charge < -0.3 is 9.84 Å². The molecule has 1 aromatic rings. The Bertz CT molecular complexity index is 426. The molecule has 0 aromatic carbocycles. The lowest BCUT2D eigenvalue weighted by molar-refractivity contribution is -0.153. The molecule has 0 bridgehead atoms. The standard InChI is InChI=1S/C15H21NO2/c1-2-18-12-9-15(17,10-12)13-7-3-5-11-6-4-8-16-14(11)13/h4,6,8,12-13,17H,2-3,5,7,9-10H2,1H3. The van der Waals surface area contributed by atoms with Gasteiger partial charge in [-0.15, -0.1) is 0 Å². The number of fused-ring (bicyclic) bond motifs is 1. The summed E-state index contributed by atoms with van der Waals surface area (Å²) in [6.07, 6.45) is 6.94. The van der Waals surface area contributed by atoms with E-state index >= 15 is 0 Å². The normalized spacial score (nSPS) is 34.8. The molecule has 2 aliphatic rings. The summed E-state index contributed by atoms with van der Waals surface area (Å²) < 4.78 is 5.57. The van der Waals surface area contributed by atoms with E-state index in [9.17, 15) is 5.11 Å². The summed E-state index contributed by atoms with van der Waals surface area (Å²) in [5, 5.41) is 10.8. The minimum absolute atomic E-state index is 0.208. The van der Waals surface area contributed by atoms with Crippen LogP contribution in [0.4, 0.5) is 0 Å². The molecule has 0 amide bonds. The number of pyridine rings is 1. The highest BCUT2D eigenvalue weighted by molar-refractivity contribution is 5.30. The van der Waals surface area contributed by atoms with E-state index in [4.69, 9.17) is 4.74 Å². The van der Waals surface area contributed by atoms with Crippen LogP contribution in [0.1, 0.15) is 49.8 Å². The smallest absolute Gasteiger partial charge is 0.0780 e. The number of rotatable bonds is 3. The van der Waals surface area contributed by atoms with Crippen LogP contribution in [0, 0.1) is 0 Å². The maximum atomic E-state index is 10.8. The van der Waals surface area contributed by atoms with Crippen molar-refractivity contribution in [2.45, 2.75) is 56.7 Å². The van der Waals surface area contributed by atoms with E-state index in [1.807, 2.05) is 19.2 Å². The van der Waals surface area contributed by atoms with Crippen LogP contribution in [0.2, 0.25) is 0 Å². The van der Waals surface area contributed by atoms with Gasteiger partial charge in [-0.25, -0.2) is 0 Å². The Kier molecular flexibility index (Phi) is 3.12. The largest absolute Gasteiger partial charge is 0.389 e. The van der Waals surface area contributed by atoms with Gasteiger partial charge in [-0.05, 0) is 37.8 Å². The van der Waals surface area contributed by atoms with Crippen LogP contribution >= 0.6 is 0 Å². The monoisotopic (exact) mass is 247 g/mol. The molecule has 1 heterocycles. The van der Waals surface area contributed by atoms with Crippen molar-refractivity contribution in [2.75, 3.05) is 6.61 Å². The first-order chi connectivity index (χ1) is 8.73. The Morgan fingerprint density at radius 3 is 3.11 bits per heavy atom. The van der Waals surface area contributed by atoms with Crippen LogP contribution in [0.25, 0.3) is 0 Å². The van der Waals surface area contributed by atoms with Crippen molar-refractivity contribution in [1.29, 1.82) is 0 Å². The molecule has 1 aromatic heterocycles. The average Bonchev–Trinajstić information content (AvgIpc) is 2.36. The number of ether oxygens (including phenoxy) is 1. The topological polar surface area (TPSA) is 42.4 Å². The van der Waals surface area contributed by atoms with Gasteiger partial charge in [0.15, 0.2) is 0 Å². The molecule has 3 nitrogen and oxygen atoms in total. The third-order valence-corrected chi connectivity index (χ3v) is 4.41.